The number of aryl methyl sites for hydroxylation is 1. The normalized spacial score (nSPS) is 12.7. The van der Waals surface area contributed by atoms with Gasteiger partial charge in [-0.15, -0.1) is 11.3 Å². The van der Waals surface area contributed by atoms with Crippen LogP contribution in [0.1, 0.15) is 22.0 Å². The number of hydrogen-bond donors (Lipinski definition) is 1. The molecule has 0 bridgehead atoms. The quantitative estimate of drug-likeness (QED) is 0.892. The third-order valence-electron chi connectivity index (χ3n) is 2.56. The molecule has 0 spiro atoms. The Morgan fingerprint density at radius 1 is 1.29 bits per heavy atom. The van der Waals surface area contributed by atoms with Gasteiger partial charge in [-0.3, -0.25) is 0 Å². The molecular weight excluding hydrogens is 301 g/mol. The summed E-state index contributed by atoms with van der Waals surface area (Å²) in [7, 11) is 1.89. The highest BCUT2D eigenvalue weighted by atomic mass is 79.9. The smallest absolute Gasteiger partial charge is 0.123 e. The lowest BCUT2D eigenvalue weighted by Crippen LogP contribution is -2.16. The molecule has 0 saturated heterocycles. The average Bonchev–Trinajstić information content (AvgIpc) is 2.64. The topological polar surface area (TPSA) is 12.0 Å². The molecule has 1 N–H and O–H groups in total. The molecular formula is C13H13BrFNS. The van der Waals surface area contributed by atoms with Gasteiger partial charge in [0.25, 0.3) is 0 Å². The molecule has 1 nitrogen and oxygen atoms in total. The van der Waals surface area contributed by atoms with E-state index in [4.69, 9.17) is 0 Å². The molecule has 0 saturated carbocycles. The van der Waals surface area contributed by atoms with E-state index >= 15 is 0 Å². The van der Waals surface area contributed by atoms with Crippen LogP contribution in [0.2, 0.25) is 0 Å². The van der Waals surface area contributed by atoms with Crippen LogP contribution >= 0.6 is 27.3 Å². The predicted molar refractivity (Wildman–Crippen MR) is 74.1 cm³/mol. The van der Waals surface area contributed by atoms with Gasteiger partial charge in [0.15, 0.2) is 0 Å². The molecule has 2 rings (SSSR count). The van der Waals surface area contributed by atoms with Crippen molar-refractivity contribution in [2.45, 2.75) is 13.0 Å². The van der Waals surface area contributed by atoms with E-state index in [1.54, 1.807) is 23.5 Å². The first-order valence-electron chi connectivity index (χ1n) is 5.28. The molecule has 17 heavy (non-hydrogen) atoms. The van der Waals surface area contributed by atoms with Crippen molar-refractivity contribution < 1.29 is 4.39 Å². The second-order valence-corrected chi connectivity index (χ2v) is 5.81. The van der Waals surface area contributed by atoms with Crippen molar-refractivity contribution in [3.8, 4) is 0 Å². The molecule has 1 aromatic heterocycles. The van der Waals surface area contributed by atoms with Gasteiger partial charge in [-0.2, -0.15) is 0 Å². The minimum absolute atomic E-state index is 0.0423. The predicted octanol–water partition coefficient (Wildman–Crippen LogP) is 4.27. The number of nitrogens with one attached hydrogen (secondary N) is 1. The van der Waals surface area contributed by atoms with E-state index in [9.17, 15) is 4.39 Å². The summed E-state index contributed by atoms with van der Waals surface area (Å²) in [5.41, 5.74) is 1.90. The van der Waals surface area contributed by atoms with Crippen molar-refractivity contribution in [1.29, 1.82) is 0 Å². The Morgan fingerprint density at radius 3 is 2.59 bits per heavy atom. The fourth-order valence-corrected chi connectivity index (χ4v) is 3.46. The monoisotopic (exact) mass is 313 g/mol. The molecule has 0 aliphatic carbocycles. The minimum atomic E-state index is -0.184. The summed E-state index contributed by atoms with van der Waals surface area (Å²) in [5, 5.41) is 5.26. The van der Waals surface area contributed by atoms with Gasteiger partial charge in [-0.25, -0.2) is 4.39 Å². The summed E-state index contributed by atoms with van der Waals surface area (Å²) >= 11 is 5.10. The Labute approximate surface area is 113 Å². The number of hydrogen-bond acceptors (Lipinski definition) is 2. The molecule has 0 aliphatic heterocycles. The lowest BCUT2D eigenvalue weighted by atomic mass is 10.0. The SMILES string of the molecule is CNC(c1cc(C)cc(F)c1)c1cc(Br)cs1. The van der Waals surface area contributed by atoms with Crippen LogP contribution in [0.5, 0.6) is 0 Å². The van der Waals surface area contributed by atoms with Crippen LogP contribution < -0.4 is 5.32 Å². The maximum absolute atomic E-state index is 13.4. The van der Waals surface area contributed by atoms with Crippen LogP contribution in [0.25, 0.3) is 0 Å². The summed E-state index contributed by atoms with van der Waals surface area (Å²) in [6.45, 7) is 1.91. The van der Waals surface area contributed by atoms with E-state index in [0.717, 1.165) is 15.6 Å². The highest BCUT2D eigenvalue weighted by Gasteiger charge is 2.15. The van der Waals surface area contributed by atoms with Crippen molar-refractivity contribution in [3.05, 3.63) is 55.9 Å². The van der Waals surface area contributed by atoms with Gasteiger partial charge in [0.1, 0.15) is 5.82 Å². The molecule has 0 aliphatic rings. The molecule has 90 valence electrons. The Kier molecular flexibility index (Phi) is 3.97. The molecule has 1 unspecified atom stereocenters. The van der Waals surface area contributed by atoms with Gasteiger partial charge in [0, 0.05) is 14.7 Å². The fraction of sp³-hybridized carbons (Fsp3) is 0.231. The molecule has 0 fully saturated rings. The van der Waals surface area contributed by atoms with Crippen LogP contribution in [0.3, 0.4) is 0 Å². The number of rotatable bonds is 3. The van der Waals surface area contributed by atoms with Crippen molar-refractivity contribution in [3.63, 3.8) is 0 Å². The number of halogens is 2. The highest BCUT2D eigenvalue weighted by Crippen LogP contribution is 2.30. The Bertz CT molecular complexity index is 504. The lowest BCUT2D eigenvalue weighted by molar-refractivity contribution is 0.616. The van der Waals surface area contributed by atoms with Gasteiger partial charge in [-0.1, -0.05) is 6.07 Å². The van der Waals surface area contributed by atoms with Crippen molar-refractivity contribution >= 4 is 27.3 Å². The maximum Gasteiger partial charge on any atom is 0.123 e. The van der Waals surface area contributed by atoms with Gasteiger partial charge < -0.3 is 5.32 Å². The van der Waals surface area contributed by atoms with Crippen LogP contribution in [-0.2, 0) is 0 Å². The Hall–Kier alpha value is -0.710. The number of thiophene rings is 1. The van der Waals surface area contributed by atoms with E-state index in [1.165, 1.54) is 4.88 Å². The second kappa shape index (κ2) is 5.29. The number of benzene rings is 1. The summed E-state index contributed by atoms with van der Waals surface area (Å²) in [6.07, 6.45) is 0. The summed E-state index contributed by atoms with van der Waals surface area (Å²) in [6, 6.07) is 7.24. The zero-order valence-electron chi connectivity index (χ0n) is 9.63. The summed E-state index contributed by atoms with van der Waals surface area (Å²) in [5.74, 6) is -0.184. The standard InChI is InChI=1S/C13H13BrFNS/c1-8-3-9(5-11(15)4-8)13(16-2)12-6-10(14)7-17-12/h3-7,13,16H,1-2H3. The van der Waals surface area contributed by atoms with E-state index in [0.29, 0.717) is 0 Å². The maximum atomic E-state index is 13.4. The molecule has 2 aromatic rings. The first-order valence-corrected chi connectivity index (χ1v) is 6.95. The van der Waals surface area contributed by atoms with Gasteiger partial charge >= 0.3 is 0 Å². The van der Waals surface area contributed by atoms with Gasteiger partial charge in [-0.05, 0) is 59.2 Å². The van der Waals surface area contributed by atoms with Crippen LogP contribution in [0.15, 0.2) is 34.1 Å². The lowest BCUT2D eigenvalue weighted by Gasteiger charge is -2.15. The summed E-state index contributed by atoms with van der Waals surface area (Å²) in [4.78, 5) is 1.17. The largest absolute Gasteiger partial charge is 0.309 e. The van der Waals surface area contributed by atoms with Gasteiger partial charge in [0.2, 0.25) is 0 Å². The van der Waals surface area contributed by atoms with Crippen molar-refractivity contribution in [1.82, 2.24) is 5.32 Å². The zero-order chi connectivity index (χ0) is 12.4. The molecule has 1 atom stereocenters. The first-order chi connectivity index (χ1) is 8.10. The second-order valence-electron chi connectivity index (χ2n) is 3.95. The zero-order valence-corrected chi connectivity index (χ0v) is 12.0. The highest BCUT2D eigenvalue weighted by molar-refractivity contribution is 9.10. The van der Waals surface area contributed by atoms with Crippen LogP contribution in [0.4, 0.5) is 4.39 Å². The van der Waals surface area contributed by atoms with Crippen molar-refractivity contribution in [2.75, 3.05) is 7.05 Å². The van der Waals surface area contributed by atoms with Crippen molar-refractivity contribution in [2.24, 2.45) is 0 Å². The third kappa shape index (κ3) is 2.94. The molecule has 0 radical (unpaired) electrons. The van der Waals surface area contributed by atoms with E-state index < -0.39 is 0 Å². The third-order valence-corrected chi connectivity index (χ3v) is 4.32. The molecule has 1 aromatic carbocycles. The minimum Gasteiger partial charge on any atom is -0.309 e. The van der Waals surface area contributed by atoms with E-state index in [1.807, 2.05) is 25.4 Å². The average molecular weight is 314 g/mol. The fourth-order valence-electron chi connectivity index (χ4n) is 1.88. The summed E-state index contributed by atoms with van der Waals surface area (Å²) < 4.78 is 14.5. The van der Waals surface area contributed by atoms with Crippen LogP contribution in [-0.4, -0.2) is 7.05 Å². The van der Waals surface area contributed by atoms with Gasteiger partial charge in [0.05, 0.1) is 6.04 Å². The first kappa shape index (κ1) is 12.7. The Morgan fingerprint density at radius 2 is 2.06 bits per heavy atom. The van der Waals surface area contributed by atoms with E-state index in [-0.39, 0.29) is 11.9 Å². The van der Waals surface area contributed by atoms with E-state index in [2.05, 4.69) is 27.3 Å². The molecule has 4 heteroatoms. The van der Waals surface area contributed by atoms with Crippen LogP contribution in [0, 0.1) is 12.7 Å². The Balaban J connectivity index is 2.41. The molecule has 1 heterocycles. The molecule has 0 amide bonds.